The van der Waals surface area contributed by atoms with Crippen LogP contribution in [0.3, 0.4) is 0 Å². The summed E-state index contributed by atoms with van der Waals surface area (Å²) in [5.41, 5.74) is 2.19. The molecule has 0 unspecified atom stereocenters. The van der Waals surface area contributed by atoms with E-state index in [4.69, 9.17) is 5.26 Å². The van der Waals surface area contributed by atoms with Gasteiger partial charge in [0.2, 0.25) is 0 Å². The molecule has 3 rings (SSSR count). The first-order valence-electron chi connectivity index (χ1n) is 8.07. The van der Waals surface area contributed by atoms with E-state index in [0.29, 0.717) is 28.3 Å². The van der Waals surface area contributed by atoms with E-state index in [0.717, 1.165) is 0 Å². The first kappa shape index (κ1) is 17.8. The van der Waals surface area contributed by atoms with E-state index in [2.05, 4.69) is 26.7 Å². The Bertz CT molecular complexity index is 1060. The number of carbonyl (C=O) groups is 2. The summed E-state index contributed by atoms with van der Waals surface area (Å²) in [6.07, 6.45) is 1.26. The molecule has 7 heteroatoms. The number of para-hydroxylation sites is 1. The maximum Gasteiger partial charge on any atom is 0.274 e. The van der Waals surface area contributed by atoms with Gasteiger partial charge in [0.1, 0.15) is 23.9 Å². The number of carbonyl (C=O) groups excluding carboxylic acids is 2. The van der Waals surface area contributed by atoms with E-state index in [9.17, 15) is 9.59 Å². The standard InChI is InChI=1S/C20H15N5O2/c1-13(26)14-6-4-7-16(9-14)24-20(27)18-10-19(23-12-22-18)25-17-8-3-2-5-15(17)11-21/h2-10,12H,1H3,(H,24,27)(H,22,23,25). The number of Topliss-reactive ketones (excluding diaryl/α,β-unsaturated/α-hetero) is 1. The van der Waals surface area contributed by atoms with Gasteiger partial charge >= 0.3 is 0 Å². The van der Waals surface area contributed by atoms with E-state index in [1.807, 2.05) is 0 Å². The topological polar surface area (TPSA) is 108 Å². The second kappa shape index (κ2) is 7.89. The van der Waals surface area contributed by atoms with Gasteiger partial charge in [0, 0.05) is 17.3 Å². The Hall–Kier alpha value is -4.05. The minimum Gasteiger partial charge on any atom is -0.339 e. The summed E-state index contributed by atoms with van der Waals surface area (Å²) >= 11 is 0. The van der Waals surface area contributed by atoms with Crippen molar-refractivity contribution in [1.82, 2.24) is 9.97 Å². The van der Waals surface area contributed by atoms with Crippen LogP contribution in [0.5, 0.6) is 0 Å². The van der Waals surface area contributed by atoms with Gasteiger partial charge in [-0.25, -0.2) is 9.97 Å². The summed E-state index contributed by atoms with van der Waals surface area (Å²) in [7, 11) is 0. The Kier molecular flexibility index (Phi) is 5.19. The summed E-state index contributed by atoms with van der Waals surface area (Å²) in [4.78, 5) is 32.0. The Balaban J connectivity index is 1.79. The van der Waals surface area contributed by atoms with Crippen LogP contribution in [-0.4, -0.2) is 21.7 Å². The lowest BCUT2D eigenvalue weighted by Crippen LogP contribution is -2.14. The minimum absolute atomic E-state index is 0.0872. The third-order valence-corrected chi connectivity index (χ3v) is 3.74. The third kappa shape index (κ3) is 4.32. The number of ketones is 1. The lowest BCUT2D eigenvalue weighted by atomic mass is 10.1. The lowest BCUT2D eigenvalue weighted by Gasteiger charge is -2.09. The Morgan fingerprint density at radius 3 is 2.63 bits per heavy atom. The molecule has 0 aliphatic carbocycles. The van der Waals surface area contributed by atoms with Crippen molar-refractivity contribution in [2.24, 2.45) is 0 Å². The predicted molar refractivity (Wildman–Crippen MR) is 101 cm³/mol. The number of nitrogens with zero attached hydrogens (tertiary/aromatic N) is 3. The van der Waals surface area contributed by atoms with E-state index in [1.165, 1.54) is 19.3 Å². The van der Waals surface area contributed by atoms with E-state index in [1.54, 1.807) is 48.5 Å². The fourth-order valence-electron chi connectivity index (χ4n) is 2.39. The van der Waals surface area contributed by atoms with Gasteiger partial charge in [-0.15, -0.1) is 0 Å². The lowest BCUT2D eigenvalue weighted by molar-refractivity contribution is 0.100. The molecule has 7 nitrogen and oxygen atoms in total. The van der Waals surface area contributed by atoms with Gasteiger partial charge in [0.05, 0.1) is 11.3 Å². The van der Waals surface area contributed by atoms with Crippen LogP contribution >= 0.6 is 0 Å². The highest BCUT2D eigenvalue weighted by atomic mass is 16.2. The Morgan fingerprint density at radius 1 is 1.04 bits per heavy atom. The van der Waals surface area contributed by atoms with Gasteiger partial charge < -0.3 is 10.6 Å². The molecule has 0 atom stereocenters. The normalized spacial score (nSPS) is 9.93. The first-order chi connectivity index (χ1) is 13.1. The van der Waals surface area contributed by atoms with Gasteiger partial charge in [-0.1, -0.05) is 24.3 Å². The van der Waals surface area contributed by atoms with Gasteiger partial charge in [-0.3, -0.25) is 9.59 Å². The molecule has 0 spiro atoms. The molecule has 2 N–H and O–H groups in total. The van der Waals surface area contributed by atoms with Crippen LogP contribution in [0.25, 0.3) is 0 Å². The zero-order valence-corrected chi connectivity index (χ0v) is 14.4. The fraction of sp³-hybridized carbons (Fsp3) is 0.0500. The SMILES string of the molecule is CC(=O)c1cccc(NC(=O)c2cc(Nc3ccccc3C#N)ncn2)c1. The summed E-state index contributed by atoms with van der Waals surface area (Å²) in [6.45, 7) is 1.46. The number of hydrogen-bond donors (Lipinski definition) is 2. The van der Waals surface area contributed by atoms with Crippen LogP contribution < -0.4 is 10.6 Å². The minimum atomic E-state index is -0.435. The molecule has 1 heterocycles. The molecule has 0 radical (unpaired) electrons. The molecule has 3 aromatic rings. The van der Waals surface area contributed by atoms with Gasteiger partial charge in [0.15, 0.2) is 5.78 Å². The number of nitriles is 1. The average molecular weight is 357 g/mol. The molecule has 132 valence electrons. The monoisotopic (exact) mass is 357 g/mol. The van der Waals surface area contributed by atoms with E-state index < -0.39 is 5.91 Å². The molecule has 0 aliphatic rings. The van der Waals surface area contributed by atoms with Crippen molar-refractivity contribution in [2.75, 3.05) is 10.6 Å². The third-order valence-electron chi connectivity index (χ3n) is 3.74. The van der Waals surface area contributed by atoms with Crippen molar-refractivity contribution in [3.05, 3.63) is 77.7 Å². The quantitative estimate of drug-likeness (QED) is 0.676. The molecule has 0 fully saturated rings. The Labute approximate surface area is 155 Å². The Morgan fingerprint density at radius 2 is 1.85 bits per heavy atom. The second-order valence-electron chi connectivity index (χ2n) is 5.66. The maximum absolute atomic E-state index is 12.5. The number of amides is 1. The molecule has 27 heavy (non-hydrogen) atoms. The maximum atomic E-state index is 12.5. The molecule has 1 aromatic heterocycles. The number of benzene rings is 2. The highest BCUT2D eigenvalue weighted by Gasteiger charge is 2.11. The van der Waals surface area contributed by atoms with Gasteiger partial charge in [-0.2, -0.15) is 5.26 Å². The molecule has 0 bridgehead atoms. The zero-order chi connectivity index (χ0) is 19.2. The predicted octanol–water partition coefficient (Wildman–Crippen LogP) is 3.55. The second-order valence-corrected chi connectivity index (χ2v) is 5.66. The van der Waals surface area contributed by atoms with E-state index >= 15 is 0 Å². The zero-order valence-electron chi connectivity index (χ0n) is 14.4. The van der Waals surface area contributed by atoms with Gasteiger partial charge in [0.25, 0.3) is 5.91 Å². The van der Waals surface area contributed by atoms with Crippen molar-refractivity contribution in [3.8, 4) is 6.07 Å². The van der Waals surface area contributed by atoms with Crippen molar-refractivity contribution in [1.29, 1.82) is 5.26 Å². The number of aromatic nitrogens is 2. The number of rotatable bonds is 5. The van der Waals surface area contributed by atoms with Crippen molar-refractivity contribution >= 4 is 28.9 Å². The fourth-order valence-corrected chi connectivity index (χ4v) is 2.39. The number of anilines is 3. The van der Waals surface area contributed by atoms with Crippen molar-refractivity contribution < 1.29 is 9.59 Å². The molecule has 1 amide bonds. The number of hydrogen-bond acceptors (Lipinski definition) is 6. The van der Waals surface area contributed by atoms with Crippen LogP contribution in [0.1, 0.15) is 33.3 Å². The smallest absolute Gasteiger partial charge is 0.274 e. The van der Waals surface area contributed by atoms with Crippen molar-refractivity contribution in [3.63, 3.8) is 0 Å². The highest BCUT2D eigenvalue weighted by molar-refractivity contribution is 6.04. The van der Waals surface area contributed by atoms with Crippen molar-refractivity contribution in [2.45, 2.75) is 6.92 Å². The molecule has 0 saturated carbocycles. The molecule has 0 saturated heterocycles. The summed E-state index contributed by atoms with van der Waals surface area (Å²) in [5.74, 6) is -0.138. The van der Waals surface area contributed by atoms with Crippen LogP contribution in [0, 0.1) is 11.3 Å². The van der Waals surface area contributed by atoms with Crippen LogP contribution in [0.15, 0.2) is 60.9 Å². The van der Waals surface area contributed by atoms with E-state index in [-0.39, 0.29) is 11.5 Å². The van der Waals surface area contributed by atoms with Gasteiger partial charge in [-0.05, 0) is 31.2 Å². The summed E-state index contributed by atoms with van der Waals surface area (Å²) < 4.78 is 0. The molecule has 2 aromatic carbocycles. The highest BCUT2D eigenvalue weighted by Crippen LogP contribution is 2.19. The number of nitrogens with one attached hydrogen (secondary N) is 2. The summed E-state index contributed by atoms with van der Waals surface area (Å²) in [5, 5.41) is 14.9. The van der Waals surface area contributed by atoms with Crippen LogP contribution in [0.4, 0.5) is 17.2 Å². The summed E-state index contributed by atoms with van der Waals surface area (Å²) in [6, 6.07) is 17.2. The molecular formula is C20H15N5O2. The van der Waals surface area contributed by atoms with Crippen LogP contribution in [0.2, 0.25) is 0 Å². The largest absolute Gasteiger partial charge is 0.339 e. The molecular weight excluding hydrogens is 342 g/mol. The average Bonchev–Trinajstić information content (AvgIpc) is 2.69. The van der Waals surface area contributed by atoms with Crippen LogP contribution in [-0.2, 0) is 0 Å². The molecule has 0 aliphatic heterocycles. The first-order valence-corrected chi connectivity index (χ1v) is 8.07.